The first-order valence-electron chi connectivity index (χ1n) is 5.51. The van der Waals surface area contributed by atoms with Crippen LogP contribution in [0.5, 0.6) is 0 Å². The van der Waals surface area contributed by atoms with E-state index in [1.54, 1.807) is 0 Å². The number of aromatic nitrogens is 2. The number of hydrogen-bond acceptors (Lipinski definition) is 5. The lowest BCUT2D eigenvalue weighted by Gasteiger charge is -1.94. The molecule has 0 bridgehead atoms. The van der Waals surface area contributed by atoms with Gasteiger partial charge < -0.3 is 9.84 Å². The summed E-state index contributed by atoms with van der Waals surface area (Å²) >= 11 is 1.85. The van der Waals surface area contributed by atoms with E-state index in [0.29, 0.717) is 11.9 Å². The van der Waals surface area contributed by atoms with Crippen LogP contribution in [0.25, 0.3) is 0 Å². The summed E-state index contributed by atoms with van der Waals surface area (Å²) in [5.41, 5.74) is 0. The Bertz CT molecular complexity index is 299. The molecule has 15 heavy (non-hydrogen) atoms. The molecular formula is C10H17N3OS. The minimum Gasteiger partial charge on any atom is -0.338 e. The summed E-state index contributed by atoms with van der Waals surface area (Å²) in [7, 11) is 0. The normalized spacial score (nSPS) is 15.8. The van der Waals surface area contributed by atoms with E-state index < -0.39 is 0 Å². The Labute approximate surface area is 94.2 Å². The smallest absolute Gasteiger partial charge is 0.240 e. The molecule has 0 spiro atoms. The zero-order valence-corrected chi connectivity index (χ0v) is 9.85. The lowest BCUT2D eigenvalue weighted by molar-refractivity contribution is 0.363. The van der Waals surface area contributed by atoms with Crippen LogP contribution < -0.4 is 5.32 Å². The van der Waals surface area contributed by atoms with Crippen LogP contribution in [-0.4, -0.2) is 21.9 Å². The molecule has 1 N–H and O–H groups in total. The molecule has 0 radical (unpaired) electrons. The Morgan fingerprint density at radius 1 is 1.53 bits per heavy atom. The van der Waals surface area contributed by atoms with Crippen molar-refractivity contribution < 1.29 is 4.52 Å². The van der Waals surface area contributed by atoms with Crippen molar-refractivity contribution in [2.45, 2.75) is 44.5 Å². The van der Waals surface area contributed by atoms with E-state index in [9.17, 15) is 0 Å². The van der Waals surface area contributed by atoms with E-state index in [4.69, 9.17) is 4.52 Å². The predicted molar refractivity (Wildman–Crippen MR) is 60.6 cm³/mol. The highest BCUT2D eigenvalue weighted by Gasteiger charge is 2.21. The minimum atomic E-state index is 0.690. The fraction of sp³-hybridized carbons (Fsp3) is 0.800. The molecule has 2 rings (SSSR count). The third-order valence-corrected chi connectivity index (χ3v) is 3.37. The molecule has 0 aromatic carbocycles. The molecule has 0 amide bonds. The van der Waals surface area contributed by atoms with Crippen LogP contribution >= 0.6 is 11.8 Å². The topological polar surface area (TPSA) is 51.0 Å². The van der Waals surface area contributed by atoms with E-state index in [0.717, 1.165) is 23.9 Å². The van der Waals surface area contributed by atoms with E-state index in [-0.39, 0.29) is 0 Å². The highest BCUT2D eigenvalue weighted by atomic mass is 32.2. The molecule has 1 aromatic heterocycles. The van der Waals surface area contributed by atoms with Crippen molar-refractivity contribution in [2.75, 3.05) is 5.75 Å². The zero-order chi connectivity index (χ0) is 10.5. The Hall–Kier alpha value is -0.550. The van der Waals surface area contributed by atoms with E-state index >= 15 is 0 Å². The number of nitrogens with one attached hydrogen (secondary N) is 1. The van der Waals surface area contributed by atoms with Gasteiger partial charge in [0.1, 0.15) is 0 Å². The van der Waals surface area contributed by atoms with Gasteiger partial charge in [-0.15, -0.1) is 0 Å². The summed E-state index contributed by atoms with van der Waals surface area (Å²) < 4.78 is 5.14. The zero-order valence-electron chi connectivity index (χ0n) is 9.03. The molecular weight excluding hydrogens is 210 g/mol. The van der Waals surface area contributed by atoms with Gasteiger partial charge >= 0.3 is 0 Å². The van der Waals surface area contributed by atoms with Gasteiger partial charge in [0.05, 0.1) is 12.3 Å². The summed E-state index contributed by atoms with van der Waals surface area (Å²) in [5.74, 6) is 3.56. The van der Waals surface area contributed by atoms with Crippen LogP contribution in [0, 0.1) is 0 Å². The van der Waals surface area contributed by atoms with Gasteiger partial charge in [0, 0.05) is 6.04 Å². The lowest BCUT2D eigenvalue weighted by atomic mass is 10.6. The van der Waals surface area contributed by atoms with Crippen LogP contribution in [0.3, 0.4) is 0 Å². The van der Waals surface area contributed by atoms with Gasteiger partial charge in [0.25, 0.3) is 0 Å². The number of rotatable bonds is 7. The second-order valence-corrected chi connectivity index (χ2v) is 4.92. The van der Waals surface area contributed by atoms with Gasteiger partial charge in [-0.2, -0.15) is 16.7 Å². The molecule has 84 valence electrons. The minimum absolute atomic E-state index is 0.690. The van der Waals surface area contributed by atoms with E-state index in [1.807, 2.05) is 11.8 Å². The van der Waals surface area contributed by atoms with E-state index in [2.05, 4.69) is 22.4 Å². The van der Waals surface area contributed by atoms with Crippen LogP contribution in [-0.2, 0) is 12.3 Å². The molecule has 1 fully saturated rings. The molecule has 0 aliphatic heterocycles. The van der Waals surface area contributed by atoms with Crippen molar-refractivity contribution in [3.63, 3.8) is 0 Å². The molecule has 0 atom stereocenters. The molecule has 5 heteroatoms. The standard InChI is InChI=1S/C10H17N3OS/c1-2-5-15-7-9-12-10(14-13-9)6-11-8-3-4-8/h8,11H,2-7H2,1H3. The van der Waals surface area contributed by atoms with Gasteiger partial charge in [-0.25, -0.2) is 0 Å². The summed E-state index contributed by atoms with van der Waals surface area (Å²) in [6, 6.07) is 0.690. The molecule has 1 saturated carbocycles. The highest BCUT2D eigenvalue weighted by molar-refractivity contribution is 7.98. The highest BCUT2D eigenvalue weighted by Crippen LogP contribution is 2.19. The number of hydrogen-bond donors (Lipinski definition) is 1. The Balaban J connectivity index is 1.70. The SMILES string of the molecule is CCCSCc1noc(CNC2CC2)n1. The number of nitrogens with zero attached hydrogens (tertiary/aromatic N) is 2. The average Bonchev–Trinajstić information content (AvgIpc) is 2.97. The third-order valence-electron chi connectivity index (χ3n) is 2.21. The lowest BCUT2D eigenvalue weighted by Crippen LogP contribution is -2.15. The van der Waals surface area contributed by atoms with Crippen molar-refractivity contribution in [1.82, 2.24) is 15.5 Å². The van der Waals surface area contributed by atoms with Crippen LogP contribution in [0.1, 0.15) is 37.9 Å². The van der Waals surface area contributed by atoms with Crippen molar-refractivity contribution in [1.29, 1.82) is 0 Å². The summed E-state index contributed by atoms with van der Waals surface area (Å²) in [5, 5.41) is 7.29. The fourth-order valence-electron chi connectivity index (χ4n) is 1.25. The molecule has 1 aliphatic rings. The fourth-order valence-corrected chi connectivity index (χ4v) is 1.98. The van der Waals surface area contributed by atoms with Crippen molar-refractivity contribution in [3.8, 4) is 0 Å². The molecule has 1 aromatic rings. The molecule has 1 heterocycles. The molecule has 1 aliphatic carbocycles. The maximum atomic E-state index is 5.14. The molecule has 0 saturated heterocycles. The monoisotopic (exact) mass is 227 g/mol. The van der Waals surface area contributed by atoms with Crippen LogP contribution in [0.4, 0.5) is 0 Å². The van der Waals surface area contributed by atoms with Gasteiger partial charge in [-0.3, -0.25) is 0 Å². The summed E-state index contributed by atoms with van der Waals surface area (Å²) in [6.07, 6.45) is 3.76. The summed E-state index contributed by atoms with van der Waals surface area (Å²) in [6.45, 7) is 2.89. The maximum Gasteiger partial charge on any atom is 0.240 e. The Morgan fingerprint density at radius 2 is 2.40 bits per heavy atom. The maximum absolute atomic E-state index is 5.14. The number of thioether (sulfide) groups is 1. The van der Waals surface area contributed by atoms with Crippen molar-refractivity contribution >= 4 is 11.8 Å². The van der Waals surface area contributed by atoms with Gasteiger partial charge in [-0.05, 0) is 25.0 Å². The van der Waals surface area contributed by atoms with Crippen LogP contribution in [0.15, 0.2) is 4.52 Å². The first-order valence-corrected chi connectivity index (χ1v) is 6.66. The Kier molecular flexibility index (Phi) is 4.02. The predicted octanol–water partition coefficient (Wildman–Crippen LogP) is 1.96. The first-order chi connectivity index (χ1) is 7.38. The van der Waals surface area contributed by atoms with Crippen molar-refractivity contribution in [3.05, 3.63) is 11.7 Å². The second-order valence-electron chi connectivity index (χ2n) is 3.81. The summed E-state index contributed by atoms with van der Waals surface area (Å²) in [4.78, 5) is 4.32. The van der Waals surface area contributed by atoms with Gasteiger partial charge in [0.15, 0.2) is 5.82 Å². The average molecular weight is 227 g/mol. The van der Waals surface area contributed by atoms with Gasteiger partial charge in [-0.1, -0.05) is 12.1 Å². The van der Waals surface area contributed by atoms with Gasteiger partial charge in [0.2, 0.25) is 5.89 Å². The second kappa shape index (κ2) is 5.51. The quantitative estimate of drug-likeness (QED) is 0.722. The first kappa shape index (κ1) is 11.0. The van der Waals surface area contributed by atoms with Crippen molar-refractivity contribution in [2.24, 2.45) is 0 Å². The third kappa shape index (κ3) is 3.83. The molecule has 4 nitrogen and oxygen atoms in total. The largest absolute Gasteiger partial charge is 0.338 e. The van der Waals surface area contributed by atoms with Crippen LogP contribution in [0.2, 0.25) is 0 Å². The molecule has 0 unspecified atom stereocenters. The Morgan fingerprint density at radius 3 is 3.13 bits per heavy atom. The van der Waals surface area contributed by atoms with E-state index in [1.165, 1.54) is 19.3 Å².